The topological polar surface area (TPSA) is 177 Å². The van der Waals surface area contributed by atoms with Crippen LogP contribution in [0.15, 0.2) is 96.5 Å². The van der Waals surface area contributed by atoms with Gasteiger partial charge in [0, 0.05) is 54.7 Å². The van der Waals surface area contributed by atoms with Crippen LogP contribution in [0, 0.1) is 11.7 Å². The van der Waals surface area contributed by atoms with Gasteiger partial charge in [0.1, 0.15) is 24.2 Å². The molecular weight excluding hydrogens is 826 g/mol. The molecule has 0 saturated heterocycles. The highest BCUT2D eigenvalue weighted by Gasteiger charge is 2.35. The fourth-order valence-corrected chi connectivity index (χ4v) is 8.02. The maximum absolute atomic E-state index is 15.6. The van der Waals surface area contributed by atoms with Crippen molar-refractivity contribution in [3.05, 3.63) is 125 Å². The van der Waals surface area contributed by atoms with Crippen molar-refractivity contribution >= 4 is 40.2 Å². The van der Waals surface area contributed by atoms with Crippen molar-refractivity contribution in [2.45, 2.75) is 70.9 Å². The van der Waals surface area contributed by atoms with Crippen LogP contribution in [0.3, 0.4) is 0 Å². The van der Waals surface area contributed by atoms with Gasteiger partial charge in [-0.15, -0.1) is 11.3 Å². The van der Waals surface area contributed by atoms with Crippen molar-refractivity contribution in [1.82, 2.24) is 20.9 Å². The Kier molecular flexibility index (Phi) is 16.4. The number of nitrogens with one attached hydrogen (secondary N) is 4. The second-order valence-corrected chi connectivity index (χ2v) is 16.9. The highest BCUT2D eigenvalue weighted by molar-refractivity contribution is 7.13. The van der Waals surface area contributed by atoms with Gasteiger partial charge in [0.2, 0.25) is 17.7 Å². The van der Waals surface area contributed by atoms with E-state index in [1.807, 2.05) is 63.2 Å². The lowest BCUT2D eigenvalue weighted by molar-refractivity contribution is -0.129. The Balaban J connectivity index is 1.08. The second-order valence-electron chi connectivity index (χ2n) is 16.0. The van der Waals surface area contributed by atoms with Crippen molar-refractivity contribution in [1.29, 1.82) is 0 Å². The van der Waals surface area contributed by atoms with Crippen LogP contribution >= 0.6 is 11.3 Å². The number of hydrogen-bond donors (Lipinski definition) is 5. The van der Waals surface area contributed by atoms with E-state index < -0.39 is 23.4 Å². The number of ether oxygens (including phenoxy) is 3. The molecule has 1 aromatic heterocycles. The van der Waals surface area contributed by atoms with E-state index in [9.17, 15) is 24.3 Å². The summed E-state index contributed by atoms with van der Waals surface area (Å²) in [5.74, 6) is -1.20. The molecule has 4 aromatic carbocycles. The molecule has 0 saturated carbocycles. The molecule has 63 heavy (non-hydrogen) atoms. The number of nitrogens with zero attached hydrogens (tertiary/aromatic N) is 1. The number of aryl methyl sites for hydroxylation is 1. The van der Waals surface area contributed by atoms with Crippen molar-refractivity contribution in [2.24, 2.45) is 5.92 Å². The van der Waals surface area contributed by atoms with Crippen LogP contribution in [0.5, 0.6) is 17.2 Å². The van der Waals surface area contributed by atoms with Crippen LogP contribution in [-0.2, 0) is 37.5 Å². The third kappa shape index (κ3) is 13.4. The number of carbonyl (C=O) groups excluding carboxylic acids is 3. The van der Waals surface area contributed by atoms with Gasteiger partial charge in [-0.25, -0.2) is 14.2 Å². The molecule has 15 heteroatoms. The van der Waals surface area contributed by atoms with Gasteiger partial charge in [-0.05, 0) is 97.2 Å². The molecule has 0 fully saturated rings. The molecule has 0 radical (unpaired) electrons. The van der Waals surface area contributed by atoms with Crippen molar-refractivity contribution in [3.8, 4) is 28.4 Å². The van der Waals surface area contributed by atoms with Gasteiger partial charge in [-0.2, -0.15) is 0 Å². The van der Waals surface area contributed by atoms with E-state index in [4.69, 9.17) is 14.2 Å². The lowest BCUT2D eigenvalue weighted by atomic mass is 9.81. The maximum Gasteiger partial charge on any atom is 0.335 e. The van der Waals surface area contributed by atoms with Crippen LogP contribution in [-0.4, -0.2) is 72.7 Å². The normalized spacial score (nSPS) is 14.9. The Morgan fingerprint density at radius 3 is 2.46 bits per heavy atom. The fraction of sp³-hybridized carbons (Fsp3) is 0.354. The van der Waals surface area contributed by atoms with E-state index in [1.54, 1.807) is 35.8 Å². The van der Waals surface area contributed by atoms with Crippen LogP contribution in [0.4, 0.5) is 9.52 Å². The molecule has 0 unspecified atom stereocenters. The van der Waals surface area contributed by atoms with Crippen molar-refractivity contribution in [2.75, 3.05) is 38.2 Å². The first-order valence-corrected chi connectivity index (χ1v) is 22.0. The zero-order valence-electron chi connectivity index (χ0n) is 35.7. The summed E-state index contributed by atoms with van der Waals surface area (Å²) >= 11 is 1.33. The molecule has 13 nitrogen and oxygen atoms in total. The number of fused-ring (bicyclic) bond motifs is 1. The zero-order chi connectivity index (χ0) is 44.8. The first-order valence-electron chi connectivity index (χ1n) is 21.1. The van der Waals surface area contributed by atoms with E-state index >= 15 is 4.39 Å². The molecule has 1 aliphatic rings. The summed E-state index contributed by atoms with van der Waals surface area (Å²) < 4.78 is 34.0. The average molecular weight is 880 g/mol. The third-order valence-electron chi connectivity index (χ3n) is 10.6. The Morgan fingerprint density at radius 1 is 0.952 bits per heavy atom. The predicted octanol–water partition coefficient (Wildman–Crippen LogP) is 7.89. The van der Waals surface area contributed by atoms with Gasteiger partial charge < -0.3 is 40.6 Å². The maximum atomic E-state index is 15.6. The Morgan fingerprint density at radius 2 is 1.75 bits per heavy atom. The molecule has 5 N–H and O–H groups in total. The van der Waals surface area contributed by atoms with Crippen LogP contribution in [0.2, 0.25) is 0 Å². The average Bonchev–Trinajstić information content (AvgIpc) is 3.76. The molecule has 332 valence electrons. The summed E-state index contributed by atoms with van der Waals surface area (Å²) in [5, 5.41) is 23.7. The monoisotopic (exact) mass is 879 g/mol. The van der Waals surface area contributed by atoms with Gasteiger partial charge in [0.25, 0.3) is 0 Å². The molecule has 0 spiro atoms. The molecular formula is C48H54FN5O8S. The summed E-state index contributed by atoms with van der Waals surface area (Å²) in [6.45, 7) is 7.31. The van der Waals surface area contributed by atoms with Gasteiger partial charge in [0.05, 0.1) is 18.8 Å². The summed E-state index contributed by atoms with van der Waals surface area (Å²) in [6.07, 6.45) is 4.68. The molecule has 2 atom stereocenters. The molecule has 5 aromatic rings. The number of amides is 3. The zero-order valence-corrected chi connectivity index (χ0v) is 36.5. The summed E-state index contributed by atoms with van der Waals surface area (Å²) in [4.78, 5) is 54.5. The first-order chi connectivity index (χ1) is 30.4. The molecule has 0 aliphatic carbocycles. The third-order valence-corrected chi connectivity index (χ3v) is 11.3. The fourth-order valence-electron chi connectivity index (χ4n) is 7.47. The minimum atomic E-state index is -1.07. The summed E-state index contributed by atoms with van der Waals surface area (Å²) in [6, 6.07) is 23.4. The number of carboxylic acids is 1. The van der Waals surface area contributed by atoms with E-state index in [1.165, 1.54) is 35.1 Å². The number of hydrogen-bond acceptors (Lipinski definition) is 10. The Hall–Kier alpha value is -6.16. The number of anilines is 1. The standard InChI is InChI=1S/C48H54FN5O8S/c1-31(2)26-40(53-43(55)11-7-10-32-8-5-4-6-9-32)45(57)50-20-22-60-23-24-61-41-27-35-18-19-52-48(3,30-44(56)54-47-51-21-25-63-47)38(35)29-42(41)62-36-16-17-37(39(49)28-36)33-12-14-34(15-13-33)46(58)59/h4-6,8-9,12-17,21,25,27-29,31,40,52H,7,10-11,18-20,22-24,26,30H2,1-3H3,(H,50,57)(H,53,55)(H,58,59)(H,51,54,56)/t40-,48-/m1/s1. The van der Waals surface area contributed by atoms with E-state index in [-0.39, 0.29) is 73.3 Å². The number of thiazole rings is 1. The molecule has 0 bridgehead atoms. The first kappa shape index (κ1) is 46.3. The molecule has 6 rings (SSSR count). The second kappa shape index (κ2) is 22.3. The van der Waals surface area contributed by atoms with Crippen molar-refractivity contribution < 1.29 is 42.9 Å². The SMILES string of the molecule is CC(C)C[C@@H](NC(=O)CCCc1ccccc1)C(=O)NCCOCCOc1cc2c(cc1Oc1ccc(-c3ccc(C(=O)O)cc3)c(F)c1)[C@@](C)(CC(=O)Nc1nccs1)NCC2. The number of carboxylic acid groups (broad SMARTS) is 1. The number of carbonyl (C=O) groups is 4. The molecule has 1 aliphatic heterocycles. The summed E-state index contributed by atoms with van der Waals surface area (Å²) in [5.41, 5.74) is 3.03. The lowest BCUT2D eigenvalue weighted by Crippen LogP contribution is -2.48. The summed E-state index contributed by atoms with van der Waals surface area (Å²) in [7, 11) is 0. The highest BCUT2D eigenvalue weighted by Crippen LogP contribution is 2.42. The minimum Gasteiger partial charge on any atom is -0.487 e. The van der Waals surface area contributed by atoms with Gasteiger partial charge >= 0.3 is 5.97 Å². The lowest BCUT2D eigenvalue weighted by Gasteiger charge is -2.37. The smallest absolute Gasteiger partial charge is 0.335 e. The highest BCUT2D eigenvalue weighted by atomic mass is 32.1. The van der Waals surface area contributed by atoms with Gasteiger partial charge in [0.15, 0.2) is 16.6 Å². The molecule has 3 amide bonds. The van der Waals surface area contributed by atoms with E-state index in [0.717, 1.165) is 17.5 Å². The van der Waals surface area contributed by atoms with Crippen LogP contribution < -0.4 is 30.7 Å². The predicted molar refractivity (Wildman–Crippen MR) is 240 cm³/mol. The Labute approximate surface area is 370 Å². The number of benzene rings is 4. The van der Waals surface area contributed by atoms with E-state index in [2.05, 4.69) is 26.3 Å². The van der Waals surface area contributed by atoms with Crippen LogP contribution in [0.25, 0.3) is 11.1 Å². The quantitative estimate of drug-likeness (QED) is 0.0430. The Bertz CT molecular complexity index is 2330. The number of aromatic carboxylic acids is 1. The minimum absolute atomic E-state index is 0.0941. The van der Waals surface area contributed by atoms with E-state index in [0.29, 0.717) is 54.4 Å². The number of aromatic nitrogens is 1. The van der Waals surface area contributed by atoms with Crippen LogP contribution in [0.1, 0.15) is 73.5 Å². The largest absolute Gasteiger partial charge is 0.487 e. The van der Waals surface area contributed by atoms with Crippen molar-refractivity contribution in [3.63, 3.8) is 0 Å². The van der Waals surface area contributed by atoms with Gasteiger partial charge in [-0.3, -0.25) is 14.4 Å². The van der Waals surface area contributed by atoms with Gasteiger partial charge in [-0.1, -0.05) is 56.3 Å². The molecule has 2 heterocycles. The number of rotatable bonds is 22. The number of halogens is 1.